The van der Waals surface area contributed by atoms with E-state index in [0.29, 0.717) is 0 Å². The fourth-order valence-corrected chi connectivity index (χ4v) is 1.18. The fourth-order valence-electron chi connectivity index (χ4n) is 1.03. The van der Waals surface area contributed by atoms with Crippen molar-refractivity contribution in [3.05, 3.63) is 42.7 Å². The zero-order valence-corrected chi connectivity index (χ0v) is 7.28. The molecule has 1 aromatic carbocycles. The summed E-state index contributed by atoms with van der Waals surface area (Å²) in [5.74, 6) is 0. The zero-order chi connectivity index (χ0) is 8.39. The highest BCUT2D eigenvalue weighted by molar-refractivity contribution is 7.80. The SMILES string of the molecule is Sc1ccc(-n2cccn2)cc1. The first-order valence-corrected chi connectivity index (χ1v) is 4.10. The average molecular weight is 176 g/mol. The summed E-state index contributed by atoms with van der Waals surface area (Å²) >= 11 is 4.20. The molecule has 2 nitrogen and oxygen atoms in total. The van der Waals surface area contributed by atoms with E-state index in [4.69, 9.17) is 0 Å². The van der Waals surface area contributed by atoms with Crippen LogP contribution >= 0.6 is 12.6 Å². The molecule has 1 heterocycles. The number of aromatic nitrogens is 2. The minimum absolute atomic E-state index is 0.964. The zero-order valence-electron chi connectivity index (χ0n) is 6.38. The monoisotopic (exact) mass is 176 g/mol. The van der Waals surface area contributed by atoms with Gasteiger partial charge in [0.05, 0.1) is 5.69 Å². The maximum Gasteiger partial charge on any atom is 0.0646 e. The van der Waals surface area contributed by atoms with E-state index in [-0.39, 0.29) is 0 Å². The molecule has 0 radical (unpaired) electrons. The fraction of sp³-hybridized carbons (Fsp3) is 0. The molecule has 0 N–H and O–H groups in total. The predicted molar refractivity (Wildman–Crippen MR) is 50.8 cm³/mol. The third-order valence-electron chi connectivity index (χ3n) is 1.62. The van der Waals surface area contributed by atoms with Crippen molar-refractivity contribution in [2.75, 3.05) is 0 Å². The molecule has 12 heavy (non-hydrogen) atoms. The number of nitrogens with zero attached hydrogens (tertiary/aromatic N) is 2. The average Bonchev–Trinajstić information content (AvgIpc) is 2.58. The Morgan fingerprint density at radius 1 is 1.17 bits per heavy atom. The van der Waals surface area contributed by atoms with Gasteiger partial charge in [0.1, 0.15) is 0 Å². The molecule has 0 aliphatic heterocycles. The molecule has 0 atom stereocenters. The van der Waals surface area contributed by atoms with E-state index in [1.165, 1.54) is 0 Å². The molecule has 0 fully saturated rings. The van der Waals surface area contributed by atoms with E-state index in [0.717, 1.165) is 10.6 Å². The van der Waals surface area contributed by atoms with Crippen molar-refractivity contribution < 1.29 is 0 Å². The Bertz CT molecular complexity index is 351. The normalized spacial score (nSPS) is 10.1. The molecule has 2 aromatic rings. The van der Waals surface area contributed by atoms with Gasteiger partial charge >= 0.3 is 0 Å². The van der Waals surface area contributed by atoms with Crippen molar-refractivity contribution in [2.45, 2.75) is 4.90 Å². The standard InChI is InChI=1S/C9H8N2S/c12-9-4-2-8(3-5-9)11-7-1-6-10-11/h1-7,12H. The number of hydrogen-bond donors (Lipinski definition) is 1. The first kappa shape index (κ1) is 7.43. The molecule has 0 aliphatic rings. The number of hydrogen-bond acceptors (Lipinski definition) is 2. The Hall–Kier alpha value is -1.22. The summed E-state index contributed by atoms with van der Waals surface area (Å²) in [7, 11) is 0. The van der Waals surface area contributed by atoms with Crippen LogP contribution in [0.4, 0.5) is 0 Å². The molecule has 2 rings (SSSR count). The molecule has 3 heteroatoms. The van der Waals surface area contributed by atoms with E-state index in [9.17, 15) is 0 Å². The molecule has 0 spiro atoms. The topological polar surface area (TPSA) is 17.8 Å². The molecular formula is C9H8N2S. The van der Waals surface area contributed by atoms with Crippen molar-refractivity contribution >= 4 is 12.6 Å². The molecule has 60 valence electrons. The van der Waals surface area contributed by atoms with Crippen LogP contribution in [0.1, 0.15) is 0 Å². The highest BCUT2D eigenvalue weighted by atomic mass is 32.1. The van der Waals surface area contributed by atoms with Crippen LogP contribution in [0.3, 0.4) is 0 Å². The van der Waals surface area contributed by atoms with Gasteiger partial charge in [-0.2, -0.15) is 5.10 Å². The smallest absolute Gasteiger partial charge is 0.0646 e. The minimum atomic E-state index is 0.964. The van der Waals surface area contributed by atoms with Crippen LogP contribution in [-0.2, 0) is 0 Å². The lowest BCUT2D eigenvalue weighted by Crippen LogP contribution is -1.92. The first-order valence-electron chi connectivity index (χ1n) is 3.65. The van der Waals surface area contributed by atoms with Crippen molar-refractivity contribution in [3.8, 4) is 5.69 Å². The van der Waals surface area contributed by atoms with Gasteiger partial charge in [-0.3, -0.25) is 0 Å². The van der Waals surface area contributed by atoms with Crippen LogP contribution < -0.4 is 0 Å². The lowest BCUT2D eigenvalue weighted by Gasteiger charge is -1.99. The third kappa shape index (κ3) is 1.36. The molecular weight excluding hydrogens is 168 g/mol. The minimum Gasteiger partial charge on any atom is -0.241 e. The Kier molecular flexibility index (Phi) is 1.87. The van der Waals surface area contributed by atoms with Gasteiger partial charge in [0, 0.05) is 17.3 Å². The lowest BCUT2D eigenvalue weighted by atomic mass is 10.3. The summed E-state index contributed by atoms with van der Waals surface area (Å²) in [6, 6.07) is 9.75. The van der Waals surface area contributed by atoms with Gasteiger partial charge in [0.2, 0.25) is 0 Å². The van der Waals surface area contributed by atoms with Crippen molar-refractivity contribution in [1.29, 1.82) is 0 Å². The number of rotatable bonds is 1. The second kappa shape index (κ2) is 3.03. The summed E-state index contributed by atoms with van der Waals surface area (Å²) < 4.78 is 1.81. The van der Waals surface area contributed by atoms with Crippen molar-refractivity contribution in [1.82, 2.24) is 9.78 Å². The first-order chi connectivity index (χ1) is 5.86. The van der Waals surface area contributed by atoms with Crippen molar-refractivity contribution in [3.63, 3.8) is 0 Å². The summed E-state index contributed by atoms with van der Waals surface area (Å²) in [5, 5.41) is 4.11. The van der Waals surface area contributed by atoms with Gasteiger partial charge in [-0.05, 0) is 30.3 Å². The summed E-state index contributed by atoms with van der Waals surface area (Å²) in [6.07, 6.45) is 3.67. The molecule has 0 bridgehead atoms. The highest BCUT2D eigenvalue weighted by Crippen LogP contribution is 2.10. The quantitative estimate of drug-likeness (QED) is 0.659. The molecule has 0 amide bonds. The van der Waals surface area contributed by atoms with E-state index in [1.54, 1.807) is 6.20 Å². The second-order valence-corrected chi connectivity index (χ2v) is 2.98. The van der Waals surface area contributed by atoms with Gasteiger partial charge in [0.15, 0.2) is 0 Å². The van der Waals surface area contributed by atoms with E-state index < -0.39 is 0 Å². The second-order valence-electron chi connectivity index (χ2n) is 2.47. The van der Waals surface area contributed by atoms with Crippen LogP contribution in [0.15, 0.2) is 47.6 Å². The largest absolute Gasteiger partial charge is 0.241 e. The van der Waals surface area contributed by atoms with Crippen LogP contribution in [0.2, 0.25) is 0 Å². The summed E-state index contributed by atoms with van der Waals surface area (Å²) in [6.45, 7) is 0. The maximum atomic E-state index is 4.20. The van der Waals surface area contributed by atoms with Gasteiger partial charge in [0.25, 0.3) is 0 Å². The van der Waals surface area contributed by atoms with Crippen LogP contribution in [-0.4, -0.2) is 9.78 Å². The molecule has 0 saturated heterocycles. The van der Waals surface area contributed by atoms with Crippen LogP contribution in [0.25, 0.3) is 5.69 Å². The summed E-state index contributed by atoms with van der Waals surface area (Å²) in [4.78, 5) is 0.964. The molecule has 0 unspecified atom stereocenters. The van der Waals surface area contributed by atoms with E-state index >= 15 is 0 Å². The van der Waals surface area contributed by atoms with Crippen molar-refractivity contribution in [2.24, 2.45) is 0 Å². The maximum absolute atomic E-state index is 4.20. The number of thiol groups is 1. The van der Waals surface area contributed by atoms with Crippen LogP contribution in [0.5, 0.6) is 0 Å². The van der Waals surface area contributed by atoms with E-state index in [2.05, 4.69) is 17.7 Å². The molecule has 0 saturated carbocycles. The Morgan fingerprint density at radius 3 is 2.50 bits per heavy atom. The Morgan fingerprint density at radius 2 is 1.92 bits per heavy atom. The Labute approximate surface area is 76.3 Å². The molecule has 0 aliphatic carbocycles. The van der Waals surface area contributed by atoms with Crippen LogP contribution in [0, 0.1) is 0 Å². The van der Waals surface area contributed by atoms with Gasteiger partial charge in [-0.25, -0.2) is 4.68 Å². The molecule has 1 aromatic heterocycles. The lowest BCUT2D eigenvalue weighted by molar-refractivity contribution is 0.879. The Balaban J connectivity index is 2.43. The van der Waals surface area contributed by atoms with Gasteiger partial charge in [-0.15, -0.1) is 12.6 Å². The number of benzene rings is 1. The van der Waals surface area contributed by atoms with E-state index in [1.807, 2.05) is 41.2 Å². The van der Waals surface area contributed by atoms with Gasteiger partial charge < -0.3 is 0 Å². The summed E-state index contributed by atoms with van der Waals surface area (Å²) in [5.41, 5.74) is 1.05. The highest BCUT2D eigenvalue weighted by Gasteiger charge is 1.93. The third-order valence-corrected chi connectivity index (χ3v) is 1.92. The predicted octanol–water partition coefficient (Wildman–Crippen LogP) is 2.16. The van der Waals surface area contributed by atoms with Gasteiger partial charge in [-0.1, -0.05) is 0 Å².